The van der Waals surface area contributed by atoms with Crippen LogP contribution in [0, 0.1) is 0 Å². The predicted molar refractivity (Wildman–Crippen MR) is 94.1 cm³/mol. The lowest BCUT2D eigenvalue weighted by Crippen LogP contribution is -3.13. The fourth-order valence-electron chi connectivity index (χ4n) is 2.83. The van der Waals surface area contributed by atoms with Gasteiger partial charge in [0.05, 0.1) is 19.6 Å². The van der Waals surface area contributed by atoms with Gasteiger partial charge in [0, 0.05) is 24.6 Å². The van der Waals surface area contributed by atoms with Crippen LogP contribution >= 0.6 is 12.2 Å². The van der Waals surface area contributed by atoms with E-state index in [1.54, 1.807) is 4.90 Å². The van der Waals surface area contributed by atoms with Gasteiger partial charge < -0.3 is 15.5 Å². The molecule has 2 rings (SSSR count). The highest BCUT2D eigenvalue weighted by atomic mass is 32.1. The molecule has 0 unspecified atom stereocenters. The topological polar surface area (TPSA) is 28.5 Å². The molecular formula is C17H28N3S+. The number of likely N-dealkylation sites (tertiary alicyclic amines) is 1. The first-order chi connectivity index (χ1) is 10.1. The van der Waals surface area contributed by atoms with Crippen LogP contribution in [0.3, 0.4) is 0 Å². The summed E-state index contributed by atoms with van der Waals surface area (Å²) in [7, 11) is 0. The van der Waals surface area contributed by atoms with Crippen LogP contribution in [0.5, 0.6) is 0 Å². The summed E-state index contributed by atoms with van der Waals surface area (Å²) in [5.74, 6) is 0.565. The molecule has 0 atom stereocenters. The third-order valence-electron chi connectivity index (χ3n) is 4.36. The van der Waals surface area contributed by atoms with Crippen LogP contribution in [0.2, 0.25) is 0 Å². The van der Waals surface area contributed by atoms with Gasteiger partial charge in [0.15, 0.2) is 5.11 Å². The van der Waals surface area contributed by atoms with Crippen LogP contribution in [0.1, 0.15) is 45.1 Å². The number of nitrogens with one attached hydrogen (secondary N) is 3. The van der Waals surface area contributed by atoms with Crippen LogP contribution < -0.4 is 15.5 Å². The fourth-order valence-corrected chi connectivity index (χ4v) is 3.11. The van der Waals surface area contributed by atoms with Gasteiger partial charge in [-0.3, -0.25) is 0 Å². The largest absolute Gasteiger partial charge is 0.359 e. The maximum Gasteiger partial charge on any atom is 0.171 e. The quantitative estimate of drug-likeness (QED) is 0.745. The molecule has 0 spiro atoms. The van der Waals surface area contributed by atoms with E-state index >= 15 is 0 Å². The Bertz CT molecular complexity index is 448. The van der Waals surface area contributed by atoms with E-state index in [1.807, 2.05) is 0 Å². The Labute approximate surface area is 134 Å². The van der Waals surface area contributed by atoms with Gasteiger partial charge in [0.25, 0.3) is 0 Å². The maximum atomic E-state index is 5.43. The molecule has 4 heteroatoms. The summed E-state index contributed by atoms with van der Waals surface area (Å²) in [6.45, 7) is 10.4. The van der Waals surface area contributed by atoms with Crippen molar-refractivity contribution in [2.24, 2.45) is 0 Å². The van der Waals surface area contributed by atoms with E-state index in [-0.39, 0.29) is 0 Å². The molecule has 3 nitrogen and oxygen atoms in total. The zero-order chi connectivity index (χ0) is 15.2. The molecule has 1 aliphatic rings. The van der Waals surface area contributed by atoms with E-state index in [2.05, 4.69) is 55.7 Å². The Balaban J connectivity index is 1.79. The zero-order valence-electron chi connectivity index (χ0n) is 13.4. The van der Waals surface area contributed by atoms with Crippen LogP contribution in [0.4, 0.5) is 5.69 Å². The summed E-state index contributed by atoms with van der Waals surface area (Å²) in [4.78, 5) is 1.70. The molecule has 21 heavy (non-hydrogen) atoms. The summed E-state index contributed by atoms with van der Waals surface area (Å²) in [5.41, 5.74) is 2.42. The van der Waals surface area contributed by atoms with E-state index < -0.39 is 0 Å². The Hall–Kier alpha value is -1.13. The number of benzene rings is 1. The van der Waals surface area contributed by atoms with E-state index in [9.17, 15) is 0 Å². The molecule has 0 amide bonds. The standard InChI is InChI=1S/C17H27N3S/c1-4-20-11-9-16(10-12-20)19-17(21)18-15-7-5-14(6-8-15)13(2)3/h5-8,13,16H,4,9-12H2,1-3H3,(H2,18,19,21)/p+1. The molecule has 0 aliphatic carbocycles. The first-order valence-electron chi connectivity index (χ1n) is 8.09. The van der Waals surface area contributed by atoms with Crippen molar-refractivity contribution < 1.29 is 4.90 Å². The molecule has 1 aliphatic heterocycles. The van der Waals surface area contributed by atoms with Crippen LogP contribution in [-0.2, 0) is 0 Å². The van der Waals surface area contributed by atoms with Gasteiger partial charge in [-0.05, 0) is 42.8 Å². The minimum Gasteiger partial charge on any atom is -0.359 e. The molecule has 116 valence electrons. The smallest absolute Gasteiger partial charge is 0.171 e. The number of quaternary nitrogens is 1. The highest BCUT2D eigenvalue weighted by Crippen LogP contribution is 2.17. The second-order valence-corrected chi connectivity index (χ2v) is 6.66. The number of hydrogen-bond acceptors (Lipinski definition) is 1. The van der Waals surface area contributed by atoms with Crippen molar-refractivity contribution in [1.82, 2.24) is 5.32 Å². The van der Waals surface area contributed by atoms with Crippen molar-refractivity contribution in [3.05, 3.63) is 29.8 Å². The average Bonchev–Trinajstić information content (AvgIpc) is 2.48. The molecule has 0 bridgehead atoms. The Morgan fingerprint density at radius 1 is 1.24 bits per heavy atom. The summed E-state index contributed by atoms with van der Waals surface area (Å²) < 4.78 is 0. The Morgan fingerprint density at radius 3 is 2.38 bits per heavy atom. The minimum absolute atomic E-state index is 0.523. The highest BCUT2D eigenvalue weighted by Gasteiger charge is 2.21. The monoisotopic (exact) mass is 306 g/mol. The SMILES string of the molecule is CC[NH+]1CCC(NC(=S)Nc2ccc(C(C)C)cc2)CC1. The fraction of sp³-hybridized carbons (Fsp3) is 0.588. The summed E-state index contributed by atoms with van der Waals surface area (Å²) in [6.07, 6.45) is 2.41. The van der Waals surface area contributed by atoms with Gasteiger partial charge in [-0.25, -0.2) is 0 Å². The number of hydrogen-bond donors (Lipinski definition) is 3. The third-order valence-corrected chi connectivity index (χ3v) is 4.58. The van der Waals surface area contributed by atoms with Crippen LogP contribution in [0.25, 0.3) is 0 Å². The van der Waals surface area contributed by atoms with Gasteiger partial charge in [0.1, 0.15) is 0 Å². The number of piperidine rings is 1. The van der Waals surface area contributed by atoms with E-state index in [0.717, 1.165) is 10.8 Å². The average molecular weight is 306 g/mol. The van der Waals surface area contributed by atoms with Crippen LogP contribution in [0.15, 0.2) is 24.3 Å². The van der Waals surface area contributed by atoms with Crippen molar-refractivity contribution in [1.29, 1.82) is 0 Å². The predicted octanol–water partition coefficient (Wildman–Crippen LogP) is 2.16. The molecule has 1 aromatic carbocycles. The number of thiocarbonyl (C=S) groups is 1. The molecule has 1 heterocycles. The minimum atomic E-state index is 0.523. The van der Waals surface area contributed by atoms with Crippen LogP contribution in [-0.4, -0.2) is 30.8 Å². The summed E-state index contributed by atoms with van der Waals surface area (Å²) in [6, 6.07) is 9.06. The highest BCUT2D eigenvalue weighted by molar-refractivity contribution is 7.80. The van der Waals surface area contributed by atoms with Crippen molar-refractivity contribution in [2.45, 2.75) is 45.6 Å². The second kappa shape index (κ2) is 7.76. The number of rotatable bonds is 4. The molecule has 0 radical (unpaired) electrons. The number of anilines is 1. The van der Waals surface area contributed by atoms with E-state index in [0.29, 0.717) is 12.0 Å². The van der Waals surface area contributed by atoms with Crippen molar-refractivity contribution in [3.63, 3.8) is 0 Å². The lowest BCUT2D eigenvalue weighted by molar-refractivity contribution is -0.903. The van der Waals surface area contributed by atoms with E-state index in [4.69, 9.17) is 12.2 Å². The zero-order valence-corrected chi connectivity index (χ0v) is 14.2. The summed E-state index contributed by atoms with van der Waals surface area (Å²) in [5, 5.41) is 7.50. The molecule has 1 fully saturated rings. The Kier molecular flexibility index (Phi) is 6.00. The Morgan fingerprint density at radius 2 is 1.86 bits per heavy atom. The molecular weight excluding hydrogens is 278 g/mol. The lowest BCUT2D eigenvalue weighted by Gasteiger charge is -2.29. The summed E-state index contributed by atoms with van der Waals surface area (Å²) >= 11 is 5.43. The molecule has 1 saturated heterocycles. The van der Waals surface area contributed by atoms with Gasteiger partial charge in [-0.15, -0.1) is 0 Å². The van der Waals surface area contributed by atoms with Crippen molar-refractivity contribution in [3.8, 4) is 0 Å². The lowest BCUT2D eigenvalue weighted by atomic mass is 10.0. The third kappa shape index (κ3) is 4.97. The first kappa shape index (κ1) is 16.2. The normalized spacial score (nSPS) is 22.1. The molecule has 0 saturated carbocycles. The first-order valence-corrected chi connectivity index (χ1v) is 8.50. The van der Waals surface area contributed by atoms with Crippen molar-refractivity contribution >= 4 is 23.0 Å². The van der Waals surface area contributed by atoms with Crippen molar-refractivity contribution in [2.75, 3.05) is 25.0 Å². The van der Waals surface area contributed by atoms with Gasteiger partial charge in [-0.1, -0.05) is 26.0 Å². The van der Waals surface area contributed by atoms with E-state index in [1.165, 1.54) is 38.0 Å². The van der Waals surface area contributed by atoms with Gasteiger partial charge >= 0.3 is 0 Å². The molecule has 1 aromatic rings. The van der Waals surface area contributed by atoms with Gasteiger partial charge in [0.2, 0.25) is 0 Å². The maximum absolute atomic E-state index is 5.43. The molecule has 3 N–H and O–H groups in total. The molecule has 0 aromatic heterocycles. The van der Waals surface area contributed by atoms with Gasteiger partial charge in [-0.2, -0.15) is 0 Å². The second-order valence-electron chi connectivity index (χ2n) is 6.25.